The molecule has 22 heavy (non-hydrogen) atoms. The zero-order chi connectivity index (χ0) is 15.7. The van der Waals surface area contributed by atoms with Gasteiger partial charge in [0.1, 0.15) is 18.2 Å². The normalized spacial score (nSPS) is 23.9. The van der Waals surface area contributed by atoms with Crippen LogP contribution in [0, 0.1) is 6.92 Å². The molecule has 116 valence electrons. The zero-order valence-corrected chi connectivity index (χ0v) is 13.8. The Morgan fingerprint density at radius 3 is 2.82 bits per heavy atom. The number of hydrogen-bond acceptors (Lipinski definition) is 4. The van der Waals surface area contributed by atoms with Gasteiger partial charge in [-0.05, 0) is 51.5 Å². The molecule has 4 nitrogen and oxygen atoms in total. The third-order valence-electron chi connectivity index (χ3n) is 3.90. The summed E-state index contributed by atoms with van der Waals surface area (Å²) in [6.07, 6.45) is 2.86. The standard InChI is InChI=1S/C17H20ClN3O/c1-11-9-17(3,21-11)10-22-16-5-4-13(8-14(16)18)15-6-7-19-12(2)20-15/h4-8,11,21H,9-10H2,1-3H3/t11?,17-/m0/s1. The minimum Gasteiger partial charge on any atom is -0.490 e. The monoisotopic (exact) mass is 317 g/mol. The number of aryl methyl sites for hydroxylation is 1. The van der Waals surface area contributed by atoms with Gasteiger partial charge in [-0.2, -0.15) is 0 Å². The Balaban J connectivity index is 1.72. The van der Waals surface area contributed by atoms with Crippen molar-refractivity contribution in [3.05, 3.63) is 41.3 Å². The first-order chi connectivity index (χ1) is 10.5. The van der Waals surface area contributed by atoms with Crippen molar-refractivity contribution in [2.45, 2.75) is 38.8 Å². The molecule has 0 radical (unpaired) electrons. The van der Waals surface area contributed by atoms with E-state index in [2.05, 4.69) is 29.1 Å². The topological polar surface area (TPSA) is 47.0 Å². The molecule has 5 heteroatoms. The molecular weight excluding hydrogens is 298 g/mol. The van der Waals surface area contributed by atoms with Gasteiger partial charge in [-0.1, -0.05) is 11.6 Å². The van der Waals surface area contributed by atoms with Gasteiger partial charge in [0.2, 0.25) is 0 Å². The predicted molar refractivity (Wildman–Crippen MR) is 88.3 cm³/mol. The van der Waals surface area contributed by atoms with E-state index >= 15 is 0 Å². The quantitative estimate of drug-likeness (QED) is 0.935. The Kier molecular flexibility index (Phi) is 4.06. The molecule has 1 aromatic carbocycles. The van der Waals surface area contributed by atoms with E-state index in [0.29, 0.717) is 23.4 Å². The molecule has 1 fully saturated rings. The Hall–Kier alpha value is -1.65. The van der Waals surface area contributed by atoms with Crippen molar-refractivity contribution in [2.75, 3.05) is 6.61 Å². The lowest BCUT2D eigenvalue weighted by molar-refractivity contribution is 0.0952. The molecule has 1 saturated heterocycles. The van der Waals surface area contributed by atoms with Crippen molar-refractivity contribution in [1.82, 2.24) is 15.3 Å². The number of ether oxygens (including phenoxy) is 1. The second-order valence-corrected chi connectivity index (χ2v) is 6.64. The van der Waals surface area contributed by atoms with Crippen molar-refractivity contribution >= 4 is 11.6 Å². The summed E-state index contributed by atoms with van der Waals surface area (Å²) < 4.78 is 5.88. The van der Waals surface area contributed by atoms with Crippen LogP contribution in [0.15, 0.2) is 30.5 Å². The lowest BCUT2D eigenvalue weighted by atomic mass is 9.85. The molecule has 1 aromatic heterocycles. The van der Waals surface area contributed by atoms with Crippen LogP contribution in [0.25, 0.3) is 11.3 Å². The van der Waals surface area contributed by atoms with Gasteiger partial charge < -0.3 is 10.1 Å². The molecule has 0 bridgehead atoms. The van der Waals surface area contributed by atoms with Crippen molar-refractivity contribution in [3.63, 3.8) is 0 Å². The maximum Gasteiger partial charge on any atom is 0.138 e. The van der Waals surface area contributed by atoms with Crippen LogP contribution >= 0.6 is 11.6 Å². The summed E-state index contributed by atoms with van der Waals surface area (Å²) in [6.45, 7) is 6.82. The van der Waals surface area contributed by atoms with E-state index in [9.17, 15) is 0 Å². The summed E-state index contributed by atoms with van der Waals surface area (Å²) in [7, 11) is 0. The lowest BCUT2D eigenvalue weighted by Gasteiger charge is -2.45. The molecule has 2 heterocycles. The highest BCUT2D eigenvalue weighted by Crippen LogP contribution is 2.31. The van der Waals surface area contributed by atoms with E-state index in [4.69, 9.17) is 16.3 Å². The summed E-state index contributed by atoms with van der Waals surface area (Å²) in [4.78, 5) is 8.52. The molecule has 0 saturated carbocycles. The van der Waals surface area contributed by atoms with E-state index in [1.165, 1.54) is 0 Å². The average molecular weight is 318 g/mol. The molecule has 0 aliphatic carbocycles. The fourth-order valence-electron chi connectivity index (χ4n) is 2.98. The van der Waals surface area contributed by atoms with Gasteiger partial charge in [-0.15, -0.1) is 0 Å². The van der Waals surface area contributed by atoms with Gasteiger partial charge in [0.05, 0.1) is 16.3 Å². The maximum absolute atomic E-state index is 6.35. The molecule has 0 spiro atoms. The van der Waals surface area contributed by atoms with Gasteiger partial charge in [-0.25, -0.2) is 9.97 Å². The number of benzene rings is 1. The Labute approximate surface area is 135 Å². The number of aromatic nitrogens is 2. The highest BCUT2D eigenvalue weighted by molar-refractivity contribution is 6.32. The zero-order valence-electron chi connectivity index (χ0n) is 13.1. The van der Waals surface area contributed by atoms with E-state index < -0.39 is 0 Å². The van der Waals surface area contributed by atoms with Crippen LogP contribution in [0.4, 0.5) is 0 Å². The minimum absolute atomic E-state index is 0.0468. The minimum atomic E-state index is 0.0468. The first kappa shape index (κ1) is 15.3. The van der Waals surface area contributed by atoms with E-state index in [-0.39, 0.29) is 5.54 Å². The van der Waals surface area contributed by atoms with E-state index in [1.54, 1.807) is 6.20 Å². The molecule has 2 atom stereocenters. The summed E-state index contributed by atoms with van der Waals surface area (Å²) in [5.41, 5.74) is 1.87. The Morgan fingerprint density at radius 1 is 1.41 bits per heavy atom. The first-order valence-electron chi connectivity index (χ1n) is 7.45. The molecule has 1 aliphatic heterocycles. The number of nitrogens with one attached hydrogen (secondary N) is 1. The SMILES string of the molecule is Cc1nccc(-c2ccc(OC[C@]3(C)CC(C)N3)c(Cl)c2)n1. The fourth-order valence-corrected chi connectivity index (χ4v) is 3.22. The Morgan fingerprint density at radius 2 is 2.18 bits per heavy atom. The summed E-state index contributed by atoms with van der Waals surface area (Å²) in [5.74, 6) is 1.45. The highest BCUT2D eigenvalue weighted by atomic mass is 35.5. The van der Waals surface area contributed by atoms with Gasteiger partial charge in [0.15, 0.2) is 0 Å². The second-order valence-electron chi connectivity index (χ2n) is 6.23. The predicted octanol–water partition coefficient (Wildman–Crippen LogP) is 3.62. The van der Waals surface area contributed by atoms with Gasteiger partial charge >= 0.3 is 0 Å². The van der Waals surface area contributed by atoms with Gasteiger partial charge in [-0.3, -0.25) is 0 Å². The van der Waals surface area contributed by atoms with Crippen molar-refractivity contribution < 1.29 is 4.74 Å². The van der Waals surface area contributed by atoms with Crippen molar-refractivity contribution in [3.8, 4) is 17.0 Å². The van der Waals surface area contributed by atoms with Gasteiger partial charge in [0.25, 0.3) is 0 Å². The number of halogens is 1. The molecule has 3 rings (SSSR count). The lowest BCUT2D eigenvalue weighted by Crippen LogP contribution is -2.63. The first-order valence-corrected chi connectivity index (χ1v) is 7.83. The molecule has 2 aromatic rings. The number of hydrogen-bond donors (Lipinski definition) is 1. The van der Waals surface area contributed by atoms with Crippen LogP contribution in [-0.2, 0) is 0 Å². The highest BCUT2D eigenvalue weighted by Gasteiger charge is 2.37. The molecule has 0 amide bonds. The van der Waals surface area contributed by atoms with Crippen molar-refractivity contribution in [1.29, 1.82) is 0 Å². The smallest absolute Gasteiger partial charge is 0.138 e. The third-order valence-corrected chi connectivity index (χ3v) is 4.20. The third kappa shape index (κ3) is 3.23. The summed E-state index contributed by atoms with van der Waals surface area (Å²) in [5, 5.41) is 4.07. The molecule has 1 aliphatic rings. The van der Waals surface area contributed by atoms with Gasteiger partial charge in [0, 0.05) is 17.8 Å². The van der Waals surface area contributed by atoms with Crippen LogP contribution in [-0.4, -0.2) is 28.2 Å². The maximum atomic E-state index is 6.35. The van der Waals surface area contributed by atoms with Crippen LogP contribution in [0.2, 0.25) is 5.02 Å². The summed E-state index contributed by atoms with van der Waals surface area (Å²) >= 11 is 6.35. The summed E-state index contributed by atoms with van der Waals surface area (Å²) in [6, 6.07) is 8.20. The molecule has 1 unspecified atom stereocenters. The molecule has 1 N–H and O–H groups in total. The second kappa shape index (κ2) is 5.86. The average Bonchev–Trinajstić information content (AvgIpc) is 2.44. The van der Waals surface area contributed by atoms with Crippen LogP contribution < -0.4 is 10.1 Å². The van der Waals surface area contributed by atoms with Crippen molar-refractivity contribution in [2.24, 2.45) is 0 Å². The number of nitrogens with zero attached hydrogens (tertiary/aromatic N) is 2. The fraction of sp³-hybridized carbons (Fsp3) is 0.412. The van der Waals surface area contributed by atoms with Crippen LogP contribution in [0.1, 0.15) is 26.1 Å². The Bertz CT molecular complexity index is 683. The molecular formula is C17H20ClN3O. The van der Waals surface area contributed by atoms with E-state index in [0.717, 1.165) is 23.5 Å². The largest absolute Gasteiger partial charge is 0.490 e. The van der Waals surface area contributed by atoms with E-state index in [1.807, 2.05) is 31.2 Å². The van der Waals surface area contributed by atoms with Crippen LogP contribution in [0.3, 0.4) is 0 Å². The van der Waals surface area contributed by atoms with Crippen LogP contribution in [0.5, 0.6) is 5.75 Å². The number of rotatable bonds is 4.